The number of nitrogens with zero attached hydrogens (tertiary/aromatic N) is 2. The third-order valence-corrected chi connectivity index (χ3v) is 6.12. The molecule has 114 valence electrons. The van der Waals surface area contributed by atoms with Crippen molar-refractivity contribution in [1.82, 2.24) is 4.57 Å². The molecule has 2 fully saturated rings. The van der Waals surface area contributed by atoms with Gasteiger partial charge in [0.05, 0.1) is 5.41 Å². The Hall–Kier alpha value is -1.97. The maximum absolute atomic E-state index is 11.6. The van der Waals surface area contributed by atoms with Crippen molar-refractivity contribution in [3.8, 4) is 0 Å². The number of aromatic nitrogens is 1. The Morgan fingerprint density at radius 3 is 2.64 bits per heavy atom. The molecule has 0 atom stereocenters. The first-order chi connectivity index (χ1) is 10.6. The van der Waals surface area contributed by atoms with Crippen molar-refractivity contribution in [3.63, 3.8) is 0 Å². The van der Waals surface area contributed by atoms with Gasteiger partial charge in [-0.15, -0.1) is 0 Å². The molecule has 1 N–H and O–H groups in total. The van der Waals surface area contributed by atoms with Gasteiger partial charge in [0.15, 0.2) is 0 Å². The number of anilines is 1. The van der Waals surface area contributed by atoms with Crippen LogP contribution in [0, 0.1) is 0 Å². The van der Waals surface area contributed by atoms with Crippen LogP contribution in [-0.2, 0) is 17.3 Å². The molecule has 4 heteroatoms. The second kappa shape index (κ2) is 3.86. The summed E-state index contributed by atoms with van der Waals surface area (Å²) in [5.41, 5.74) is 3.11. The molecule has 3 aliphatic heterocycles. The molecule has 1 aromatic carbocycles. The van der Waals surface area contributed by atoms with Gasteiger partial charge in [0.2, 0.25) is 0 Å². The molecule has 1 aliphatic carbocycles. The molecular formula is C18H20N2O2. The smallest absolute Gasteiger partial charge is 0.314 e. The molecule has 4 heterocycles. The molecule has 4 nitrogen and oxygen atoms in total. The van der Waals surface area contributed by atoms with Crippen molar-refractivity contribution >= 4 is 22.7 Å². The monoisotopic (exact) mass is 296 g/mol. The van der Waals surface area contributed by atoms with E-state index in [1.54, 1.807) is 0 Å². The second-order valence-corrected chi connectivity index (χ2v) is 7.18. The first-order valence-corrected chi connectivity index (χ1v) is 8.23. The number of aryl methyl sites for hydroxylation is 1. The fourth-order valence-electron chi connectivity index (χ4n) is 4.67. The lowest BCUT2D eigenvalue weighted by atomic mass is 9.83. The minimum Gasteiger partial charge on any atom is -0.481 e. The number of carbonyl (C=O) groups is 1. The van der Waals surface area contributed by atoms with Crippen LogP contribution < -0.4 is 4.90 Å². The molecule has 4 aliphatic rings. The van der Waals surface area contributed by atoms with Gasteiger partial charge in [0, 0.05) is 36.6 Å². The van der Waals surface area contributed by atoms with E-state index in [1.165, 1.54) is 35.1 Å². The molecule has 1 saturated carbocycles. The van der Waals surface area contributed by atoms with Crippen LogP contribution in [-0.4, -0.2) is 28.7 Å². The summed E-state index contributed by atoms with van der Waals surface area (Å²) in [6.45, 7) is 2.32. The van der Waals surface area contributed by atoms with Crippen molar-refractivity contribution < 1.29 is 9.90 Å². The zero-order chi connectivity index (χ0) is 15.1. The summed E-state index contributed by atoms with van der Waals surface area (Å²) in [4.78, 5) is 14.1. The van der Waals surface area contributed by atoms with Crippen LogP contribution in [0.25, 0.3) is 10.9 Å². The fraction of sp³-hybridized carbons (Fsp3) is 0.500. The summed E-state index contributed by atoms with van der Waals surface area (Å²) in [5, 5.41) is 10.9. The Labute approximate surface area is 129 Å². The third kappa shape index (κ3) is 1.36. The summed E-state index contributed by atoms with van der Waals surface area (Å²) < 4.78 is 2.31. The Kier molecular flexibility index (Phi) is 2.20. The Morgan fingerprint density at radius 1 is 1.27 bits per heavy atom. The highest BCUT2D eigenvalue weighted by atomic mass is 16.4. The lowest BCUT2D eigenvalue weighted by Gasteiger charge is -2.41. The molecule has 1 aromatic heterocycles. The number of piperidine rings is 1. The largest absolute Gasteiger partial charge is 0.481 e. The standard InChI is InChI=1S/C18H20N2O2/c1-19-14-3-2-12(18(6-7-18)17(21)22)10-13(14)15-11-4-8-20(9-5-11)16(15)19/h2-3,10-11H,4-9H2,1H3,(H,21,22). The lowest BCUT2D eigenvalue weighted by Crippen LogP contribution is -2.39. The molecule has 6 rings (SSSR count). The normalized spacial score (nSPS) is 22.1. The number of benzene rings is 1. The minimum absolute atomic E-state index is 0.606. The predicted octanol–water partition coefficient (Wildman–Crippen LogP) is 2.99. The Balaban J connectivity index is 1.77. The number of carboxylic acids is 1. The highest BCUT2D eigenvalue weighted by Crippen LogP contribution is 2.51. The van der Waals surface area contributed by atoms with Crippen LogP contribution in [0.2, 0.25) is 0 Å². The van der Waals surface area contributed by atoms with E-state index < -0.39 is 11.4 Å². The minimum atomic E-state index is -0.665. The maximum Gasteiger partial charge on any atom is 0.314 e. The van der Waals surface area contributed by atoms with Crippen LogP contribution in [0.1, 0.15) is 42.7 Å². The Bertz CT molecular complexity index is 808. The molecule has 1 saturated heterocycles. The van der Waals surface area contributed by atoms with E-state index in [0.717, 1.165) is 31.5 Å². The van der Waals surface area contributed by atoms with Gasteiger partial charge in [-0.3, -0.25) is 4.79 Å². The van der Waals surface area contributed by atoms with Crippen molar-refractivity contribution in [1.29, 1.82) is 0 Å². The topological polar surface area (TPSA) is 45.5 Å². The van der Waals surface area contributed by atoms with Gasteiger partial charge in [-0.2, -0.15) is 0 Å². The average molecular weight is 296 g/mol. The van der Waals surface area contributed by atoms with E-state index in [-0.39, 0.29) is 0 Å². The zero-order valence-electron chi connectivity index (χ0n) is 12.8. The van der Waals surface area contributed by atoms with Gasteiger partial charge in [0.25, 0.3) is 0 Å². The summed E-state index contributed by atoms with van der Waals surface area (Å²) >= 11 is 0. The van der Waals surface area contributed by atoms with Gasteiger partial charge in [-0.05, 0) is 49.3 Å². The molecule has 0 radical (unpaired) electrons. The number of carboxylic acid groups (broad SMARTS) is 1. The highest BCUT2D eigenvalue weighted by Gasteiger charge is 2.52. The van der Waals surface area contributed by atoms with Crippen LogP contribution in [0.3, 0.4) is 0 Å². The van der Waals surface area contributed by atoms with Crippen LogP contribution in [0.5, 0.6) is 0 Å². The van der Waals surface area contributed by atoms with Gasteiger partial charge < -0.3 is 14.6 Å². The highest BCUT2D eigenvalue weighted by molar-refractivity contribution is 5.94. The Morgan fingerprint density at radius 2 is 2.00 bits per heavy atom. The molecule has 0 spiro atoms. The number of fused-ring (bicyclic) bond motifs is 3. The van der Waals surface area contributed by atoms with E-state index in [9.17, 15) is 9.90 Å². The van der Waals surface area contributed by atoms with Crippen molar-refractivity contribution in [2.24, 2.45) is 7.05 Å². The molecule has 22 heavy (non-hydrogen) atoms. The summed E-state index contributed by atoms with van der Waals surface area (Å²) in [6.07, 6.45) is 4.03. The van der Waals surface area contributed by atoms with Crippen molar-refractivity contribution in [2.75, 3.05) is 18.0 Å². The second-order valence-electron chi connectivity index (χ2n) is 7.18. The first-order valence-electron chi connectivity index (χ1n) is 8.23. The van der Waals surface area contributed by atoms with Crippen LogP contribution in [0.15, 0.2) is 18.2 Å². The predicted molar refractivity (Wildman–Crippen MR) is 85.7 cm³/mol. The maximum atomic E-state index is 11.6. The third-order valence-electron chi connectivity index (χ3n) is 6.12. The number of hydrogen-bond acceptors (Lipinski definition) is 2. The average Bonchev–Trinajstić information content (AvgIpc) is 3.31. The molecule has 2 aromatic rings. The van der Waals surface area contributed by atoms with Gasteiger partial charge >= 0.3 is 5.97 Å². The number of rotatable bonds is 2. The number of aliphatic carboxylic acids is 1. The SMILES string of the molecule is Cn1c2c(c3cc(C4(C(=O)O)CC4)ccc31)C1CCN2CC1. The van der Waals surface area contributed by atoms with Gasteiger partial charge in [-0.25, -0.2) is 0 Å². The van der Waals surface area contributed by atoms with Crippen molar-refractivity contribution in [3.05, 3.63) is 29.3 Å². The molecular weight excluding hydrogens is 276 g/mol. The zero-order valence-corrected chi connectivity index (χ0v) is 12.8. The molecule has 2 bridgehead atoms. The summed E-state index contributed by atoms with van der Waals surface area (Å²) in [5.74, 6) is 1.36. The van der Waals surface area contributed by atoms with Gasteiger partial charge in [0.1, 0.15) is 5.82 Å². The van der Waals surface area contributed by atoms with Crippen LogP contribution >= 0.6 is 0 Å². The van der Waals surface area contributed by atoms with E-state index in [4.69, 9.17) is 0 Å². The van der Waals surface area contributed by atoms with Crippen molar-refractivity contribution in [2.45, 2.75) is 37.0 Å². The lowest BCUT2D eigenvalue weighted by molar-refractivity contribution is -0.140. The quantitative estimate of drug-likeness (QED) is 0.926. The van der Waals surface area contributed by atoms with E-state index in [1.807, 2.05) is 6.07 Å². The van der Waals surface area contributed by atoms with Crippen LogP contribution in [0.4, 0.5) is 5.82 Å². The van der Waals surface area contributed by atoms with Gasteiger partial charge in [-0.1, -0.05) is 6.07 Å². The molecule has 0 unspecified atom stereocenters. The van der Waals surface area contributed by atoms with E-state index in [2.05, 4.69) is 28.6 Å². The summed E-state index contributed by atoms with van der Waals surface area (Å²) in [7, 11) is 2.14. The summed E-state index contributed by atoms with van der Waals surface area (Å²) in [6, 6.07) is 6.34. The molecule has 0 amide bonds. The van der Waals surface area contributed by atoms with E-state index >= 15 is 0 Å². The number of hydrogen-bond donors (Lipinski definition) is 1. The first kappa shape index (κ1) is 12.6. The van der Waals surface area contributed by atoms with E-state index in [0.29, 0.717) is 5.92 Å². The fourth-order valence-corrected chi connectivity index (χ4v) is 4.67.